The smallest absolute Gasteiger partial charge is 0.158 e. The summed E-state index contributed by atoms with van der Waals surface area (Å²) in [5.41, 5.74) is 2.33. The van der Waals surface area contributed by atoms with Crippen LogP contribution in [0.2, 0.25) is 0 Å². The Bertz CT molecular complexity index is 545. The minimum atomic E-state index is -0.819. The summed E-state index contributed by atoms with van der Waals surface area (Å²) in [6.07, 6.45) is 2.05. The molecular weight excluding hydrogens is 234 g/mol. The monoisotopic (exact) mass is 255 g/mol. The van der Waals surface area contributed by atoms with E-state index < -0.39 is 5.41 Å². The lowest BCUT2D eigenvalue weighted by molar-refractivity contribution is -0.130. The van der Waals surface area contributed by atoms with Gasteiger partial charge in [0.1, 0.15) is 5.41 Å². The zero-order valence-corrected chi connectivity index (χ0v) is 12.2. The molecule has 0 radical (unpaired) electrons. The maximum Gasteiger partial charge on any atom is 0.158 e. The number of carbonyl (C=O) groups is 1. The summed E-state index contributed by atoms with van der Waals surface area (Å²) < 4.78 is 0. The molecule has 0 heterocycles. The first kappa shape index (κ1) is 13.8. The minimum absolute atomic E-state index is 0.116. The van der Waals surface area contributed by atoms with E-state index in [0.717, 1.165) is 12.0 Å². The Balaban J connectivity index is 2.42. The van der Waals surface area contributed by atoms with Gasteiger partial charge in [0.2, 0.25) is 0 Å². The van der Waals surface area contributed by atoms with Gasteiger partial charge in [0, 0.05) is 5.41 Å². The molecule has 0 aromatic heterocycles. The Labute approximate surface area is 115 Å². The molecule has 0 saturated heterocycles. The fourth-order valence-corrected chi connectivity index (χ4v) is 3.15. The maximum atomic E-state index is 12.6. The molecule has 0 aliphatic heterocycles. The molecule has 0 spiro atoms. The van der Waals surface area contributed by atoms with Gasteiger partial charge in [-0.3, -0.25) is 4.79 Å². The van der Waals surface area contributed by atoms with E-state index in [1.165, 1.54) is 11.1 Å². The Morgan fingerprint density at radius 2 is 1.79 bits per heavy atom. The van der Waals surface area contributed by atoms with Crippen molar-refractivity contribution in [3.63, 3.8) is 0 Å². The van der Waals surface area contributed by atoms with Gasteiger partial charge in [0.25, 0.3) is 0 Å². The molecule has 1 aromatic rings. The second-order valence-electron chi connectivity index (χ2n) is 6.45. The van der Waals surface area contributed by atoms with Crippen LogP contribution < -0.4 is 0 Å². The molecule has 0 N–H and O–H groups in total. The maximum absolute atomic E-state index is 12.6. The molecular formula is C17H21NO. The first-order valence-electron chi connectivity index (χ1n) is 6.84. The third-order valence-electron chi connectivity index (χ3n) is 4.56. The zero-order chi connectivity index (χ0) is 14.3. The summed E-state index contributed by atoms with van der Waals surface area (Å²) in [4.78, 5) is 12.6. The van der Waals surface area contributed by atoms with Gasteiger partial charge in [0.15, 0.2) is 5.78 Å². The van der Waals surface area contributed by atoms with Crippen molar-refractivity contribution in [1.82, 2.24) is 0 Å². The van der Waals surface area contributed by atoms with Crippen LogP contribution in [-0.2, 0) is 11.2 Å². The van der Waals surface area contributed by atoms with E-state index in [0.29, 0.717) is 12.8 Å². The molecule has 1 fully saturated rings. The number of carbonyl (C=O) groups excluding carboxylic acids is 1. The van der Waals surface area contributed by atoms with Crippen molar-refractivity contribution in [2.75, 3.05) is 0 Å². The highest BCUT2D eigenvalue weighted by Crippen LogP contribution is 2.47. The number of benzene rings is 1. The average Bonchev–Trinajstić information content (AvgIpc) is 2.59. The first-order valence-corrected chi connectivity index (χ1v) is 6.84. The summed E-state index contributed by atoms with van der Waals surface area (Å²) in [5.74, 6) is 0.116. The Kier molecular flexibility index (Phi) is 3.26. The van der Waals surface area contributed by atoms with Crippen LogP contribution >= 0.6 is 0 Å². The van der Waals surface area contributed by atoms with Crippen LogP contribution in [0.25, 0.3) is 0 Å². The van der Waals surface area contributed by atoms with Gasteiger partial charge >= 0.3 is 0 Å². The van der Waals surface area contributed by atoms with E-state index >= 15 is 0 Å². The first-order chi connectivity index (χ1) is 8.82. The van der Waals surface area contributed by atoms with Crippen molar-refractivity contribution in [2.45, 2.75) is 47.0 Å². The molecule has 0 bridgehead atoms. The number of aryl methyl sites for hydroxylation is 2. The van der Waals surface area contributed by atoms with E-state index in [-0.39, 0.29) is 11.2 Å². The Morgan fingerprint density at radius 3 is 2.21 bits per heavy atom. The highest BCUT2D eigenvalue weighted by molar-refractivity contribution is 5.94. The molecule has 1 aliphatic carbocycles. The van der Waals surface area contributed by atoms with Crippen LogP contribution in [0.3, 0.4) is 0 Å². The summed E-state index contributed by atoms with van der Waals surface area (Å²) >= 11 is 0. The van der Waals surface area contributed by atoms with Crippen molar-refractivity contribution in [2.24, 2.45) is 10.8 Å². The number of hydrogen-bond acceptors (Lipinski definition) is 2. The van der Waals surface area contributed by atoms with Gasteiger partial charge in [-0.15, -0.1) is 0 Å². The summed E-state index contributed by atoms with van der Waals surface area (Å²) in [6.45, 7) is 8.02. The fraction of sp³-hybridized carbons (Fsp3) is 0.529. The largest absolute Gasteiger partial charge is 0.297 e. The SMILES string of the molecule is Cc1cccc(C)c1CC1(C#N)CCC(C)(C)C1=O. The highest BCUT2D eigenvalue weighted by atomic mass is 16.1. The second kappa shape index (κ2) is 4.49. The average molecular weight is 255 g/mol. The van der Waals surface area contributed by atoms with Crippen LogP contribution in [0.1, 0.15) is 43.4 Å². The third-order valence-corrected chi connectivity index (χ3v) is 4.56. The Hall–Kier alpha value is -1.62. The minimum Gasteiger partial charge on any atom is -0.297 e. The molecule has 19 heavy (non-hydrogen) atoms. The third kappa shape index (κ3) is 2.18. The lowest BCUT2D eigenvalue weighted by Gasteiger charge is -2.24. The number of rotatable bonds is 2. The van der Waals surface area contributed by atoms with Crippen molar-refractivity contribution in [3.8, 4) is 6.07 Å². The van der Waals surface area contributed by atoms with Crippen LogP contribution in [0.15, 0.2) is 18.2 Å². The predicted octanol–water partition coefficient (Wildman–Crippen LogP) is 3.75. The standard InChI is InChI=1S/C17H21NO/c1-12-6-5-7-13(2)14(12)10-17(11-18)9-8-16(3,4)15(17)19/h5-7H,8-10H2,1-4H3. The van der Waals surface area contributed by atoms with Gasteiger partial charge in [-0.05, 0) is 49.8 Å². The lowest BCUT2D eigenvalue weighted by atomic mass is 9.75. The van der Waals surface area contributed by atoms with Gasteiger partial charge < -0.3 is 0 Å². The molecule has 2 rings (SSSR count). The molecule has 1 saturated carbocycles. The number of Topliss-reactive ketones (excluding diaryl/α,β-unsaturated/α-hetero) is 1. The molecule has 1 aliphatic rings. The van der Waals surface area contributed by atoms with Gasteiger partial charge in [-0.1, -0.05) is 32.0 Å². The normalized spacial score (nSPS) is 25.3. The quantitative estimate of drug-likeness (QED) is 0.807. The van der Waals surface area contributed by atoms with Crippen molar-refractivity contribution >= 4 is 5.78 Å². The van der Waals surface area contributed by atoms with Gasteiger partial charge in [0.05, 0.1) is 6.07 Å². The van der Waals surface area contributed by atoms with Crippen LogP contribution in [0, 0.1) is 36.0 Å². The summed E-state index contributed by atoms with van der Waals surface area (Å²) in [6, 6.07) is 8.46. The lowest BCUT2D eigenvalue weighted by Crippen LogP contribution is -2.33. The van der Waals surface area contributed by atoms with E-state index in [9.17, 15) is 10.1 Å². The van der Waals surface area contributed by atoms with Crippen molar-refractivity contribution in [3.05, 3.63) is 34.9 Å². The summed E-state index contributed by atoms with van der Waals surface area (Å²) in [5, 5.41) is 9.59. The molecule has 100 valence electrons. The van der Waals surface area contributed by atoms with Crippen molar-refractivity contribution in [1.29, 1.82) is 5.26 Å². The second-order valence-corrected chi connectivity index (χ2v) is 6.45. The van der Waals surface area contributed by atoms with E-state index in [4.69, 9.17) is 0 Å². The van der Waals surface area contributed by atoms with Crippen LogP contribution in [0.5, 0.6) is 0 Å². The molecule has 1 aromatic carbocycles. The molecule has 2 heteroatoms. The van der Waals surface area contributed by atoms with Crippen LogP contribution in [-0.4, -0.2) is 5.78 Å². The highest BCUT2D eigenvalue weighted by Gasteiger charge is 2.52. The van der Waals surface area contributed by atoms with Crippen molar-refractivity contribution < 1.29 is 4.79 Å². The van der Waals surface area contributed by atoms with Crippen LogP contribution in [0.4, 0.5) is 0 Å². The molecule has 0 amide bonds. The molecule has 2 nitrogen and oxygen atoms in total. The van der Waals surface area contributed by atoms with E-state index in [1.54, 1.807) is 0 Å². The number of nitrogens with zero attached hydrogens (tertiary/aromatic N) is 1. The summed E-state index contributed by atoms with van der Waals surface area (Å²) in [7, 11) is 0. The zero-order valence-electron chi connectivity index (χ0n) is 12.2. The van der Waals surface area contributed by atoms with Gasteiger partial charge in [-0.25, -0.2) is 0 Å². The predicted molar refractivity (Wildman–Crippen MR) is 75.7 cm³/mol. The van der Waals surface area contributed by atoms with E-state index in [1.807, 2.05) is 19.9 Å². The Morgan fingerprint density at radius 1 is 1.21 bits per heavy atom. The van der Waals surface area contributed by atoms with E-state index in [2.05, 4.69) is 32.0 Å². The molecule has 1 unspecified atom stereocenters. The number of hydrogen-bond donors (Lipinski definition) is 0. The number of ketones is 1. The topological polar surface area (TPSA) is 40.9 Å². The fourth-order valence-electron chi connectivity index (χ4n) is 3.15. The van der Waals surface area contributed by atoms with Gasteiger partial charge in [-0.2, -0.15) is 5.26 Å². The molecule has 1 atom stereocenters. The number of nitriles is 1.